The fourth-order valence-corrected chi connectivity index (χ4v) is 1.92. The van der Waals surface area contributed by atoms with Crippen molar-refractivity contribution < 1.29 is 14.3 Å². The molecule has 2 aromatic carbocycles. The largest absolute Gasteiger partial charge is 0.496 e. The Morgan fingerprint density at radius 1 is 1.19 bits per heavy atom. The molecule has 3 N–H and O–H groups in total. The Labute approximate surface area is 123 Å². The van der Waals surface area contributed by atoms with Gasteiger partial charge in [-0.1, -0.05) is 12.1 Å². The van der Waals surface area contributed by atoms with E-state index < -0.39 is 0 Å². The monoisotopic (exact) mass is 286 g/mol. The van der Waals surface area contributed by atoms with E-state index >= 15 is 0 Å². The maximum atomic E-state index is 11.2. The van der Waals surface area contributed by atoms with Gasteiger partial charge in [0.1, 0.15) is 18.1 Å². The van der Waals surface area contributed by atoms with Gasteiger partial charge < -0.3 is 20.5 Å². The van der Waals surface area contributed by atoms with Crippen LogP contribution in [0.4, 0.5) is 11.4 Å². The van der Waals surface area contributed by atoms with Crippen LogP contribution in [0.5, 0.6) is 11.5 Å². The van der Waals surface area contributed by atoms with Crippen LogP contribution in [0.15, 0.2) is 42.5 Å². The van der Waals surface area contributed by atoms with E-state index in [1.54, 1.807) is 31.4 Å². The van der Waals surface area contributed by atoms with Crippen molar-refractivity contribution in [3.8, 4) is 11.5 Å². The average molecular weight is 286 g/mol. The van der Waals surface area contributed by atoms with E-state index in [1.807, 2.05) is 18.2 Å². The molecule has 5 nitrogen and oxygen atoms in total. The van der Waals surface area contributed by atoms with Crippen LogP contribution in [0, 0.1) is 0 Å². The summed E-state index contributed by atoms with van der Waals surface area (Å²) in [5.41, 5.74) is 7.87. The van der Waals surface area contributed by atoms with Crippen molar-refractivity contribution in [1.82, 2.24) is 0 Å². The number of carbonyl (C=O) groups is 1. The van der Waals surface area contributed by atoms with Crippen LogP contribution < -0.4 is 20.5 Å². The molecule has 0 radical (unpaired) electrons. The lowest BCUT2D eigenvalue weighted by Gasteiger charge is -2.13. The van der Waals surface area contributed by atoms with E-state index in [4.69, 9.17) is 15.2 Å². The molecule has 1 amide bonds. The highest BCUT2D eigenvalue weighted by molar-refractivity contribution is 5.90. The molecule has 0 atom stereocenters. The molecule has 0 unspecified atom stereocenters. The molecule has 0 aliphatic rings. The second-order valence-corrected chi connectivity index (χ2v) is 4.54. The Balaban J connectivity index is 2.15. The third-order valence-electron chi connectivity index (χ3n) is 2.89. The van der Waals surface area contributed by atoms with Crippen LogP contribution in [0.2, 0.25) is 0 Å². The van der Waals surface area contributed by atoms with Gasteiger partial charge in [-0.2, -0.15) is 0 Å². The van der Waals surface area contributed by atoms with Gasteiger partial charge in [-0.05, 0) is 24.3 Å². The molecule has 0 aliphatic carbocycles. The van der Waals surface area contributed by atoms with Crippen LogP contribution in [0.3, 0.4) is 0 Å². The number of anilines is 2. The lowest BCUT2D eigenvalue weighted by Crippen LogP contribution is -2.08. The number of carbonyl (C=O) groups excluding carboxylic acids is 1. The fraction of sp³-hybridized carbons (Fsp3) is 0.188. The molecule has 2 aromatic rings. The minimum atomic E-state index is -0.142. The van der Waals surface area contributed by atoms with Crippen molar-refractivity contribution in [3.05, 3.63) is 48.0 Å². The summed E-state index contributed by atoms with van der Waals surface area (Å²) in [5, 5.41) is 2.73. The van der Waals surface area contributed by atoms with Gasteiger partial charge in [-0.15, -0.1) is 0 Å². The normalized spacial score (nSPS) is 10.0. The van der Waals surface area contributed by atoms with Crippen LogP contribution in [-0.2, 0) is 11.4 Å². The summed E-state index contributed by atoms with van der Waals surface area (Å²) in [7, 11) is 1.59. The summed E-state index contributed by atoms with van der Waals surface area (Å²) in [5.74, 6) is 1.13. The Morgan fingerprint density at radius 3 is 2.67 bits per heavy atom. The molecule has 0 saturated carbocycles. The zero-order valence-corrected chi connectivity index (χ0v) is 12.1. The third-order valence-corrected chi connectivity index (χ3v) is 2.89. The molecule has 110 valence electrons. The molecule has 0 fully saturated rings. The molecule has 5 heteroatoms. The van der Waals surface area contributed by atoms with Gasteiger partial charge in [0.05, 0.1) is 12.8 Å². The van der Waals surface area contributed by atoms with Gasteiger partial charge in [-0.25, -0.2) is 0 Å². The van der Waals surface area contributed by atoms with Crippen LogP contribution in [-0.4, -0.2) is 13.0 Å². The second kappa shape index (κ2) is 6.65. The number of nitrogens with one attached hydrogen (secondary N) is 1. The number of nitrogen functional groups attached to an aromatic ring is 1. The number of rotatable bonds is 5. The lowest BCUT2D eigenvalue weighted by molar-refractivity contribution is -0.114. The van der Waals surface area contributed by atoms with E-state index in [1.165, 1.54) is 6.92 Å². The van der Waals surface area contributed by atoms with Crippen molar-refractivity contribution in [2.45, 2.75) is 13.5 Å². The highest BCUT2D eigenvalue weighted by atomic mass is 16.5. The zero-order valence-electron chi connectivity index (χ0n) is 12.1. The number of nitrogens with two attached hydrogens (primary N) is 1. The van der Waals surface area contributed by atoms with Gasteiger partial charge in [0.2, 0.25) is 5.91 Å². The maximum Gasteiger partial charge on any atom is 0.221 e. The molecule has 0 aliphatic heterocycles. The summed E-state index contributed by atoms with van der Waals surface area (Å²) < 4.78 is 11.1. The number of amides is 1. The molecular weight excluding hydrogens is 268 g/mol. The first-order valence-electron chi connectivity index (χ1n) is 6.52. The average Bonchev–Trinajstić information content (AvgIpc) is 2.46. The smallest absolute Gasteiger partial charge is 0.221 e. The topological polar surface area (TPSA) is 73.6 Å². The zero-order chi connectivity index (χ0) is 15.2. The molecule has 0 heterocycles. The molecular formula is C16H18N2O3. The Morgan fingerprint density at radius 2 is 1.95 bits per heavy atom. The van der Waals surface area contributed by atoms with Gasteiger partial charge >= 0.3 is 0 Å². The standard InChI is InChI=1S/C16H18N2O3/c1-11(19)18-14-5-3-4-6-15(14)21-10-12-7-8-13(17)9-16(12)20-2/h3-9H,10,17H2,1-2H3,(H,18,19). The van der Waals surface area contributed by atoms with E-state index in [2.05, 4.69) is 5.32 Å². The van der Waals surface area contributed by atoms with Crippen molar-refractivity contribution in [2.24, 2.45) is 0 Å². The van der Waals surface area contributed by atoms with E-state index in [0.717, 1.165) is 5.56 Å². The van der Waals surface area contributed by atoms with Crippen molar-refractivity contribution in [2.75, 3.05) is 18.2 Å². The first-order chi connectivity index (χ1) is 10.1. The SMILES string of the molecule is COc1cc(N)ccc1COc1ccccc1NC(C)=O. The summed E-state index contributed by atoms with van der Waals surface area (Å²) in [6.45, 7) is 1.78. The van der Waals surface area contributed by atoms with Crippen molar-refractivity contribution in [1.29, 1.82) is 0 Å². The summed E-state index contributed by atoms with van der Waals surface area (Å²) >= 11 is 0. The lowest BCUT2D eigenvalue weighted by atomic mass is 10.2. The summed E-state index contributed by atoms with van der Waals surface area (Å²) in [4.78, 5) is 11.2. The first-order valence-corrected chi connectivity index (χ1v) is 6.52. The Kier molecular flexibility index (Phi) is 4.66. The quantitative estimate of drug-likeness (QED) is 0.829. The molecule has 2 rings (SSSR count). The molecule has 0 bridgehead atoms. The minimum absolute atomic E-state index is 0.142. The Hall–Kier alpha value is -2.69. The summed E-state index contributed by atoms with van der Waals surface area (Å²) in [6, 6.07) is 12.7. The highest BCUT2D eigenvalue weighted by Gasteiger charge is 2.08. The molecule has 21 heavy (non-hydrogen) atoms. The molecule has 0 aromatic heterocycles. The van der Waals surface area contributed by atoms with Gasteiger partial charge in [-0.3, -0.25) is 4.79 Å². The van der Waals surface area contributed by atoms with Gasteiger partial charge in [0.25, 0.3) is 0 Å². The minimum Gasteiger partial charge on any atom is -0.496 e. The number of para-hydroxylation sites is 2. The number of hydrogen-bond acceptors (Lipinski definition) is 4. The predicted octanol–water partition coefficient (Wildman–Crippen LogP) is 2.81. The molecule has 0 spiro atoms. The maximum absolute atomic E-state index is 11.2. The number of ether oxygens (including phenoxy) is 2. The van der Waals surface area contributed by atoms with E-state index in [0.29, 0.717) is 29.5 Å². The van der Waals surface area contributed by atoms with Gasteiger partial charge in [0, 0.05) is 24.2 Å². The van der Waals surface area contributed by atoms with E-state index in [-0.39, 0.29) is 5.91 Å². The van der Waals surface area contributed by atoms with Gasteiger partial charge in [0.15, 0.2) is 0 Å². The summed E-state index contributed by atoms with van der Waals surface area (Å²) in [6.07, 6.45) is 0. The highest BCUT2D eigenvalue weighted by Crippen LogP contribution is 2.27. The molecule has 0 saturated heterocycles. The van der Waals surface area contributed by atoms with Crippen LogP contribution in [0.1, 0.15) is 12.5 Å². The van der Waals surface area contributed by atoms with Crippen molar-refractivity contribution in [3.63, 3.8) is 0 Å². The van der Waals surface area contributed by atoms with Crippen molar-refractivity contribution >= 4 is 17.3 Å². The van der Waals surface area contributed by atoms with Crippen LogP contribution >= 0.6 is 0 Å². The number of methoxy groups -OCH3 is 1. The predicted molar refractivity (Wildman–Crippen MR) is 82.5 cm³/mol. The fourth-order valence-electron chi connectivity index (χ4n) is 1.92. The Bertz CT molecular complexity index is 641. The number of hydrogen-bond donors (Lipinski definition) is 2. The second-order valence-electron chi connectivity index (χ2n) is 4.54. The number of benzene rings is 2. The van der Waals surface area contributed by atoms with E-state index in [9.17, 15) is 4.79 Å². The van der Waals surface area contributed by atoms with Crippen LogP contribution in [0.25, 0.3) is 0 Å². The third kappa shape index (κ3) is 3.89. The first kappa shape index (κ1) is 14.7.